The van der Waals surface area contributed by atoms with E-state index in [1.807, 2.05) is 6.92 Å². The van der Waals surface area contributed by atoms with E-state index in [-0.39, 0.29) is 52.9 Å². The minimum Gasteiger partial charge on any atom is -0.508 e. The van der Waals surface area contributed by atoms with Crippen molar-refractivity contribution in [3.8, 4) is 29.4 Å². The fraction of sp³-hybridized carbons (Fsp3) is 0.478. The normalized spacial score (nSPS) is 31.7. The van der Waals surface area contributed by atoms with E-state index in [9.17, 15) is 29.7 Å². The predicted molar refractivity (Wildman–Crippen MR) is 220 cm³/mol. The Kier molecular flexibility index (Phi) is 12.5. The van der Waals surface area contributed by atoms with Gasteiger partial charge in [-0.1, -0.05) is 57.5 Å². The Balaban J connectivity index is 1.30. The number of methoxy groups -OCH3 is 1. The van der Waals surface area contributed by atoms with E-state index in [1.54, 1.807) is 26.0 Å². The summed E-state index contributed by atoms with van der Waals surface area (Å²) in [5, 5.41) is 39.1. The number of Topliss-reactive ketones (excluding diaryl/α,β-unsaturated/α-hetero) is 2. The van der Waals surface area contributed by atoms with E-state index in [2.05, 4.69) is 59.7 Å². The number of phenolic OH excluding ortho intramolecular Hbond substituents is 1. The van der Waals surface area contributed by atoms with E-state index in [0.717, 1.165) is 0 Å². The second-order valence-corrected chi connectivity index (χ2v) is 16.2. The largest absolute Gasteiger partial charge is 0.508 e. The number of benzene rings is 1. The number of hydrogen-bond donors (Lipinski definition) is 5. The average molecular weight is 822 g/mol. The number of carbonyl (C=O) groups is 3. The first-order valence-corrected chi connectivity index (χ1v) is 20.3. The van der Waals surface area contributed by atoms with Crippen LogP contribution in [0.3, 0.4) is 0 Å². The van der Waals surface area contributed by atoms with Crippen molar-refractivity contribution in [2.24, 2.45) is 11.8 Å². The molecule has 0 amide bonds. The minimum absolute atomic E-state index is 0.0244. The van der Waals surface area contributed by atoms with Crippen molar-refractivity contribution >= 4 is 39.3 Å². The lowest BCUT2D eigenvalue weighted by molar-refractivity contribution is -0.325. The van der Waals surface area contributed by atoms with Crippen molar-refractivity contribution in [3.05, 3.63) is 70.6 Å². The molecule has 14 heteroatoms. The minimum atomic E-state index is -1.81. The van der Waals surface area contributed by atoms with Gasteiger partial charge in [0.1, 0.15) is 29.3 Å². The van der Waals surface area contributed by atoms with Crippen LogP contribution in [0.5, 0.6) is 5.75 Å². The summed E-state index contributed by atoms with van der Waals surface area (Å²) in [6.45, 7) is 11.7. The molecule has 2 aliphatic heterocycles. The average Bonchev–Trinajstić information content (AvgIpc) is 3.57. The van der Waals surface area contributed by atoms with E-state index in [4.69, 9.17) is 23.7 Å². The molecule has 2 aliphatic carbocycles. The van der Waals surface area contributed by atoms with Crippen LogP contribution in [0.2, 0.25) is 0 Å². The Morgan fingerprint density at radius 3 is 2.63 bits per heavy atom. The van der Waals surface area contributed by atoms with Crippen molar-refractivity contribution < 1.29 is 53.4 Å². The van der Waals surface area contributed by atoms with Crippen LogP contribution in [0.4, 0.5) is 0 Å². The Hall–Kier alpha value is -5.16. The summed E-state index contributed by atoms with van der Waals surface area (Å²) in [4.78, 5) is 49.0. The third-order valence-corrected chi connectivity index (χ3v) is 11.6. The van der Waals surface area contributed by atoms with Crippen LogP contribution in [-0.4, -0.2) is 111 Å². The molecule has 7 rings (SSSR count). The number of nitrogens with one attached hydrogen (secondary N) is 2. The molecular weight excluding hydrogens is 771 g/mol. The van der Waals surface area contributed by atoms with Crippen LogP contribution in [0.1, 0.15) is 81.8 Å². The van der Waals surface area contributed by atoms with Gasteiger partial charge in [-0.2, -0.15) is 0 Å². The number of carbonyl (C=O) groups excluding carboxylic acids is 3. The Morgan fingerprint density at radius 1 is 1.15 bits per heavy atom. The van der Waals surface area contributed by atoms with Gasteiger partial charge < -0.3 is 49.3 Å². The molecule has 2 aromatic heterocycles. The summed E-state index contributed by atoms with van der Waals surface area (Å²) in [5.41, 5.74) is -0.235. The molecule has 0 saturated carbocycles. The van der Waals surface area contributed by atoms with Gasteiger partial charge in [0.05, 0.1) is 43.8 Å². The lowest BCUT2D eigenvalue weighted by Gasteiger charge is -2.46. The molecule has 4 aliphatic rings. The van der Waals surface area contributed by atoms with Gasteiger partial charge in [0.25, 0.3) is 0 Å². The number of allylic oxidation sites excluding steroid dienone is 4. The van der Waals surface area contributed by atoms with Gasteiger partial charge >= 0.3 is 5.97 Å². The molecule has 8 unspecified atom stereocenters. The number of ether oxygens (including phenoxy) is 5. The molecule has 5 N–H and O–H groups in total. The number of pyridine rings is 1. The van der Waals surface area contributed by atoms with Crippen LogP contribution < -0.4 is 5.32 Å². The maximum absolute atomic E-state index is 14.9. The molecule has 0 radical (unpaired) electrons. The number of fused-ring (bicyclic) bond motifs is 5. The molecule has 2 saturated heterocycles. The number of aliphatic hydroxyl groups is 2. The number of phenols is 1. The molecule has 10 atom stereocenters. The van der Waals surface area contributed by atoms with Crippen LogP contribution in [0.25, 0.3) is 21.8 Å². The quantitative estimate of drug-likeness (QED) is 0.108. The third-order valence-electron chi connectivity index (χ3n) is 11.6. The topological polar surface area (TPSA) is 199 Å². The number of nitrogens with zero attached hydrogens (tertiary/aromatic N) is 1. The first-order chi connectivity index (χ1) is 28.6. The molecule has 316 valence electrons. The second-order valence-electron chi connectivity index (χ2n) is 16.2. The highest BCUT2D eigenvalue weighted by atomic mass is 16.7. The van der Waals surface area contributed by atoms with Gasteiger partial charge in [0, 0.05) is 40.4 Å². The molecule has 1 aromatic carbocycles. The lowest BCUT2D eigenvalue weighted by atomic mass is 9.73. The monoisotopic (exact) mass is 821 g/mol. The highest BCUT2D eigenvalue weighted by Gasteiger charge is 2.52. The molecule has 3 aromatic rings. The van der Waals surface area contributed by atoms with Crippen LogP contribution in [0.15, 0.2) is 59.2 Å². The van der Waals surface area contributed by atoms with Crippen molar-refractivity contribution in [3.63, 3.8) is 0 Å². The summed E-state index contributed by atoms with van der Waals surface area (Å²) in [5.74, 6) is 8.61. The zero-order valence-electron chi connectivity index (χ0n) is 34.7. The fourth-order valence-electron chi connectivity index (χ4n) is 8.53. The van der Waals surface area contributed by atoms with E-state index in [1.165, 1.54) is 37.5 Å². The second kappa shape index (κ2) is 17.4. The van der Waals surface area contributed by atoms with Gasteiger partial charge in [-0.3, -0.25) is 9.59 Å². The van der Waals surface area contributed by atoms with Crippen molar-refractivity contribution in [1.29, 1.82) is 0 Å². The summed E-state index contributed by atoms with van der Waals surface area (Å²) in [6, 6.07) is 6.37. The molecular formula is C46H51N3O11. The standard InChI is InChI=1S/C46H51N3O11/c1-8-13-30-37-25(5)34(51)21-46(30,55)17-12-10-9-11-14-35(37)59-45-43(60-36-18-24(4)33(22-57-36)47-23(2)3)42(53)38(26(6)58-45)41(52)40-39-29(20-32(49-40)44(54)56-7)28-19-27(50)15-16-31(28)48-39/h9-10,13,15-16,19-20,23-24,26,33,35-36,38,42-43,45,47-48,50,53,55H,8,18,21-22H2,1-7H3/b10-9-,30-13+/t24?,26?,33?,35-,36?,38?,42?,43?,45?,46-/m0/s1. The number of esters is 1. The van der Waals surface area contributed by atoms with Crippen LogP contribution >= 0.6 is 0 Å². The highest BCUT2D eigenvalue weighted by Crippen LogP contribution is 2.41. The van der Waals surface area contributed by atoms with E-state index >= 15 is 0 Å². The molecule has 2 bridgehead atoms. The summed E-state index contributed by atoms with van der Waals surface area (Å²) >= 11 is 0. The van der Waals surface area contributed by atoms with Gasteiger partial charge in [0.2, 0.25) is 0 Å². The van der Waals surface area contributed by atoms with E-state index in [0.29, 0.717) is 52.5 Å². The zero-order valence-corrected chi connectivity index (χ0v) is 34.7. The van der Waals surface area contributed by atoms with Gasteiger partial charge in [0.15, 0.2) is 29.7 Å². The first kappa shape index (κ1) is 42.9. The number of ketones is 2. The number of hydrogen-bond acceptors (Lipinski definition) is 13. The number of aromatic amines is 1. The van der Waals surface area contributed by atoms with Gasteiger partial charge in [-0.25, -0.2) is 9.78 Å². The van der Waals surface area contributed by atoms with Gasteiger partial charge in [-0.15, -0.1) is 0 Å². The fourth-order valence-corrected chi connectivity index (χ4v) is 8.53. The first-order valence-electron chi connectivity index (χ1n) is 20.3. The Bertz CT molecular complexity index is 2430. The van der Waals surface area contributed by atoms with Crippen molar-refractivity contribution in [1.82, 2.24) is 15.3 Å². The number of aromatic hydroxyl groups is 1. The summed E-state index contributed by atoms with van der Waals surface area (Å²) in [6.07, 6.45) is -1.95. The summed E-state index contributed by atoms with van der Waals surface area (Å²) in [7, 11) is 1.20. The van der Waals surface area contributed by atoms with E-state index < -0.39 is 60.3 Å². The third kappa shape index (κ3) is 8.29. The Labute approximate surface area is 348 Å². The highest BCUT2D eigenvalue weighted by molar-refractivity contribution is 6.16. The Morgan fingerprint density at radius 2 is 1.92 bits per heavy atom. The molecule has 14 nitrogen and oxygen atoms in total. The van der Waals surface area contributed by atoms with Crippen LogP contribution in [0, 0.1) is 35.5 Å². The van der Waals surface area contributed by atoms with Crippen LogP contribution in [-0.2, 0) is 28.5 Å². The maximum atomic E-state index is 14.9. The molecule has 0 spiro atoms. The SMILES string of the molecule is CC/C=C1\C2=C(C)C(=O)C[C@@]1(O)C#C/C=C\C#C[C@@H]2OC1OC(C)C(C(=O)c2nc(C(=O)OC)cc3c2[nH]c2ccc(O)cc23)C(O)C1OC1CC(C)C(NC(C)C)CO1. The lowest BCUT2D eigenvalue weighted by Crippen LogP contribution is -2.60. The smallest absolute Gasteiger partial charge is 0.356 e. The molecule has 4 heterocycles. The summed E-state index contributed by atoms with van der Waals surface area (Å²) < 4.78 is 31.0. The number of H-pyrrole nitrogens is 1. The molecule has 60 heavy (non-hydrogen) atoms. The van der Waals surface area contributed by atoms with Gasteiger partial charge in [-0.05, 0) is 73.7 Å². The van der Waals surface area contributed by atoms with Crippen molar-refractivity contribution in [2.45, 2.75) is 115 Å². The maximum Gasteiger partial charge on any atom is 0.356 e. The number of aliphatic hydroxyl groups excluding tert-OH is 1. The number of rotatable bonds is 10. The number of aromatic nitrogens is 2. The molecule has 2 fully saturated rings. The van der Waals surface area contributed by atoms with Crippen molar-refractivity contribution in [2.75, 3.05) is 13.7 Å². The zero-order chi connectivity index (χ0) is 43.0. The predicted octanol–water partition coefficient (Wildman–Crippen LogP) is 4.57.